The standard InChI is InChI=1S/Fe.Ni.S2/c;;1-2. The molecule has 0 radical (unpaired) electrons. The van der Waals surface area contributed by atoms with Crippen molar-refractivity contribution in [2.45, 2.75) is 0 Å². The number of hydrogen-bond donors (Lipinski definition) is 0. The van der Waals surface area contributed by atoms with Crippen LogP contribution in [0.5, 0.6) is 0 Å². The summed E-state index contributed by atoms with van der Waals surface area (Å²) in [5.41, 5.74) is 0. The third kappa shape index (κ3) is 9.84. The van der Waals surface area contributed by atoms with E-state index in [1.54, 1.807) is 0 Å². The van der Waals surface area contributed by atoms with Crippen LogP contribution in [0.25, 0.3) is 0 Å². The van der Waals surface area contributed by atoms with Crippen molar-refractivity contribution in [3.05, 3.63) is 0 Å². The molecule has 0 aromatic carbocycles. The summed E-state index contributed by atoms with van der Waals surface area (Å²) < 4.78 is 0. The Kier molecular flexibility index (Phi) is 113. The summed E-state index contributed by atoms with van der Waals surface area (Å²) in [6, 6.07) is 0. The normalized spacial score (nSPS) is 1.00. The Morgan fingerprint density at radius 3 is 1.00 bits per heavy atom. The number of hydrogen-bond acceptors (Lipinski definition) is 2. The average Bonchev–Trinajstić information content (AvgIpc) is 1.00. The molecule has 0 N–H and O–H groups in total. The Morgan fingerprint density at radius 2 is 1.00 bits per heavy atom. The molecule has 0 amide bonds. The maximum atomic E-state index is 3.67. The van der Waals surface area contributed by atoms with Crippen LogP contribution in [-0.2, 0) is 55.9 Å². The van der Waals surface area contributed by atoms with Gasteiger partial charge < -0.3 is 0 Å². The quantitative estimate of drug-likeness (QED) is 0.479. The summed E-state index contributed by atoms with van der Waals surface area (Å²) in [5, 5.41) is 0. The van der Waals surface area contributed by atoms with E-state index in [4.69, 9.17) is 0 Å². The van der Waals surface area contributed by atoms with Gasteiger partial charge in [0, 0.05) is 55.9 Å². The fraction of sp³-hybridized carbons (Fsp3) is 0. The molecule has 0 aromatic rings. The summed E-state index contributed by atoms with van der Waals surface area (Å²) in [7, 11) is 0. The number of rotatable bonds is 0. The molecule has 0 aromatic heterocycles. The predicted molar refractivity (Wildman–Crippen MR) is 14.7 cm³/mol. The van der Waals surface area contributed by atoms with Gasteiger partial charge in [0.15, 0.2) is 0 Å². The van der Waals surface area contributed by atoms with Crippen molar-refractivity contribution < 1.29 is 33.6 Å². The van der Waals surface area contributed by atoms with Crippen LogP contribution in [-0.4, -0.2) is 0 Å². The first-order valence-electron chi connectivity index (χ1n) is 0.167. The average molecular weight is 179 g/mol. The molecule has 0 unspecified atom stereocenters. The molecule has 0 aliphatic rings. The third-order valence-corrected chi connectivity index (χ3v) is 0. The minimum atomic E-state index is 0. The molecule has 0 saturated carbocycles. The van der Waals surface area contributed by atoms with Crippen molar-refractivity contribution in [3.63, 3.8) is 0 Å². The maximum absolute atomic E-state index is 3.67. The Balaban J connectivity index is -0.00000000500. The molecular formula is FeNiS2. The Labute approximate surface area is 55.8 Å². The van der Waals surface area contributed by atoms with Crippen LogP contribution in [0.3, 0.4) is 0 Å². The first kappa shape index (κ1) is 18.0. The molecule has 0 nitrogen and oxygen atoms in total. The van der Waals surface area contributed by atoms with E-state index < -0.39 is 0 Å². The summed E-state index contributed by atoms with van der Waals surface area (Å²) >= 11 is 7.33. The molecular weight excluding hydrogens is 179 g/mol. The smallest absolute Gasteiger partial charge is 0 e. The molecule has 4 heteroatoms. The Bertz CT molecular complexity index is 6.00. The van der Waals surface area contributed by atoms with Gasteiger partial charge >= 0.3 is 0 Å². The zero-order chi connectivity index (χ0) is 2.00. The van der Waals surface area contributed by atoms with Crippen molar-refractivity contribution in [1.29, 1.82) is 0 Å². The van der Waals surface area contributed by atoms with Crippen LogP contribution in [0.2, 0.25) is 0 Å². The predicted octanol–water partition coefficient (Wildman–Crippen LogP) is -0.00980. The van der Waals surface area contributed by atoms with Gasteiger partial charge in [0.2, 0.25) is 0 Å². The molecule has 0 aliphatic carbocycles. The van der Waals surface area contributed by atoms with Crippen LogP contribution in [0.15, 0.2) is 0 Å². The van der Waals surface area contributed by atoms with Gasteiger partial charge in [-0.1, -0.05) is 0 Å². The second-order valence-electron chi connectivity index (χ2n) is 0. The molecule has 0 bridgehead atoms. The molecule has 0 heterocycles. The fourth-order valence-corrected chi connectivity index (χ4v) is 0. The van der Waals surface area contributed by atoms with E-state index in [1.807, 2.05) is 0 Å². The van der Waals surface area contributed by atoms with Gasteiger partial charge in [-0.2, -0.15) is 0 Å². The summed E-state index contributed by atoms with van der Waals surface area (Å²) in [4.78, 5) is 0. The minimum absolute atomic E-state index is 0. The second kappa shape index (κ2) is 25.1. The second-order valence-corrected chi connectivity index (χ2v) is 0. The molecule has 0 spiro atoms. The van der Waals surface area contributed by atoms with Crippen LogP contribution >= 0.6 is 0 Å². The van der Waals surface area contributed by atoms with E-state index in [0.29, 0.717) is 0 Å². The van der Waals surface area contributed by atoms with E-state index in [9.17, 15) is 0 Å². The summed E-state index contributed by atoms with van der Waals surface area (Å²) in [5.74, 6) is 0. The zero-order valence-electron chi connectivity index (χ0n) is 1.49. The maximum Gasteiger partial charge on any atom is 0 e. The molecule has 0 atom stereocenters. The van der Waals surface area contributed by atoms with E-state index >= 15 is 0 Å². The van der Waals surface area contributed by atoms with Crippen molar-refractivity contribution in [1.82, 2.24) is 0 Å². The topological polar surface area (TPSA) is 0 Å². The van der Waals surface area contributed by atoms with Gasteiger partial charge in [-0.15, -0.1) is 0 Å². The van der Waals surface area contributed by atoms with Crippen molar-refractivity contribution in [2.75, 3.05) is 0 Å². The molecule has 0 aliphatic heterocycles. The van der Waals surface area contributed by atoms with Gasteiger partial charge in [0.1, 0.15) is 0 Å². The van der Waals surface area contributed by atoms with E-state index in [1.165, 1.54) is 0 Å². The van der Waals surface area contributed by atoms with Crippen LogP contribution < -0.4 is 0 Å². The van der Waals surface area contributed by atoms with Gasteiger partial charge in [0.05, 0.1) is 0 Å². The molecule has 4 heavy (non-hydrogen) atoms. The SMILES string of the molecule is S=S.[Fe].[Ni]. The first-order valence-corrected chi connectivity index (χ1v) is 1.50. The molecule has 0 rings (SSSR count). The summed E-state index contributed by atoms with van der Waals surface area (Å²) in [6.07, 6.45) is 0. The molecule has 30 valence electrons. The first-order chi connectivity index (χ1) is 1.00. The minimum Gasteiger partial charge on any atom is 0 e. The van der Waals surface area contributed by atoms with Gasteiger partial charge in [-0.3, -0.25) is 0 Å². The van der Waals surface area contributed by atoms with Gasteiger partial charge in [-0.25, -0.2) is 0 Å². The van der Waals surface area contributed by atoms with Crippen LogP contribution in [0, 0.1) is 0 Å². The van der Waals surface area contributed by atoms with Crippen LogP contribution in [0.1, 0.15) is 0 Å². The van der Waals surface area contributed by atoms with E-state index in [-0.39, 0.29) is 33.6 Å². The Hall–Kier alpha value is 1.45. The molecule has 0 fully saturated rings. The van der Waals surface area contributed by atoms with Crippen LogP contribution in [0.4, 0.5) is 0 Å². The van der Waals surface area contributed by atoms with E-state index in [2.05, 4.69) is 22.4 Å². The Morgan fingerprint density at radius 1 is 1.00 bits per heavy atom. The van der Waals surface area contributed by atoms with Gasteiger partial charge in [-0.05, 0) is 0 Å². The van der Waals surface area contributed by atoms with Crippen molar-refractivity contribution in [3.8, 4) is 0 Å². The summed E-state index contributed by atoms with van der Waals surface area (Å²) in [6.45, 7) is 0. The fourth-order valence-electron chi connectivity index (χ4n) is 0. The monoisotopic (exact) mass is 178 g/mol. The largest absolute Gasteiger partial charge is 0 e. The van der Waals surface area contributed by atoms with Gasteiger partial charge in [0.25, 0.3) is 0 Å². The van der Waals surface area contributed by atoms with E-state index in [0.717, 1.165) is 0 Å². The third-order valence-electron chi connectivity index (χ3n) is 0. The van der Waals surface area contributed by atoms with Crippen molar-refractivity contribution >= 4 is 22.4 Å². The van der Waals surface area contributed by atoms with Crippen molar-refractivity contribution in [2.24, 2.45) is 0 Å². The molecule has 0 saturated heterocycles. The zero-order valence-corrected chi connectivity index (χ0v) is 5.21.